The van der Waals surface area contributed by atoms with Gasteiger partial charge in [0.2, 0.25) is 0 Å². The van der Waals surface area contributed by atoms with Gasteiger partial charge in [-0.05, 0) is 30.3 Å². The predicted molar refractivity (Wildman–Crippen MR) is 99.2 cm³/mol. The van der Waals surface area contributed by atoms with E-state index in [1.807, 2.05) is 47.1 Å². The number of fused-ring (bicyclic) bond motifs is 1. The second-order valence-corrected chi connectivity index (χ2v) is 6.29. The molecule has 0 aliphatic carbocycles. The second kappa shape index (κ2) is 7.63. The monoisotopic (exact) mass is 351 g/mol. The van der Waals surface area contributed by atoms with Gasteiger partial charge in [-0.2, -0.15) is 0 Å². The summed E-state index contributed by atoms with van der Waals surface area (Å²) >= 11 is 0. The van der Waals surface area contributed by atoms with Crippen molar-refractivity contribution in [3.63, 3.8) is 0 Å². The van der Waals surface area contributed by atoms with Gasteiger partial charge < -0.3 is 10.1 Å². The van der Waals surface area contributed by atoms with Gasteiger partial charge in [-0.25, -0.2) is 4.68 Å². The fraction of sp³-hybridized carbons (Fsp3) is 0.316. The Kier molecular flexibility index (Phi) is 4.90. The zero-order valence-electron chi connectivity index (χ0n) is 14.5. The van der Waals surface area contributed by atoms with Crippen molar-refractivity contribution in [3.05, 3.63) is 54.1 Å². The molecule has 7 nitrogen and oxygen atoms in total. The van der Waals surface area contributed by atoms with Crippen LogP contribution in [0.25, 0.3) is 11.0 Å². The van der Waals surface area contributed by atoms with Gasteiger partial charge in [-0.1, -0.05) is 23.4 Å². The van der Waals surface area contributed by atoms with Crippen LogP contribution in [0.15, 0.2) is 48.5 Å². The summed E-state index contributed by atoms with van der Waals surface area (Å²) < 4.78 is 7.26. The minimum Gasteiger partial charge on any atom is -0.379 e. The third-order valence-electron chi connectivity index (χ3n) is 4.54. The van der Waals surface area contributed by atoms with Crippen molar-refractivity contribution in [1.82, 2.24) is 19.9 Å². The molecule has 3 aromatic rings. The fourth-order valence-corrected chi connectivity index (χ4v) is 3.06. The molecular weight excluding hydrogens is 330 g/mol. The van der Waals surface area contributed by atoms with Crippen LogP contribution in [0.2, 0.25) is 0 Å². The molecule has 26 heavy (non-hydrogen) atoms. The van der Waals surface area contributed by atoms with Gasteiger partial charge in [0.15, 0.2) is 0 Å². The molecule has 0 radical (unpaired) electrons. The molecule has 1 aliphatic rings. The number of ether oxygens (including phenoxy) is 1. The second-order valence-electron chi connectivity index (χ2n) is 6.29. The normalized spacial score (nSPS) is 15.2. The van der Waals surface area contributed by atoms with E-state index in [1.54, 1.807) is 6.07 Å². The summed E-state index contributed by atoms with van der Waals surface area (Å²) in [4.78, 5) is 14.8. The van der Waals surface area contributed by atoms with Gasteiger partial charge in [-0.3, -0.25) is 9.69 Å². The van der Waals surface area contributed by atoms with Crippen LogP contribution >= 0.6 is 0 Å². The minimum atomic E-state index is -0.152. The van der Waals surface area contributed by atoms with E-state index in [1.165, 1.54) is 0 Å². The van der Waals surface area contributed by atoms with E-state index >= 15 is 0 Å². The van der Waals surface area contributed by atoms with Crippen LogP contribution in [0.3, 0.4) is 0 Å². The number of nitrogens with zero attached hydrogens (tertiary/aromatic N) is 4. The van der Waals surface area contributed by atoms with Crippen molar-refractivity contribution in [1.29, 1.82) is 0 Å². The largest absolute Gasteiger partial charge is 0.379 e. The molecule has 0 unspecified atom stereocenters. The highest BCUT2D eigenvalue weighted by molar-refractivity contribution is 6.05. The third-order valence-corrected chi connectivity index (χ3v) is 4.54. The van der Waals surface area contributed by atoms with Gasteiger partial charge in [-0.15, -0.1) is 5.10 Å². The molecule has 4 rings (SSSR count). The zero-order valence-corrected chi connectivity index (χ0v) is 14.5. The number of anilines is 1. The van der Waals surface area contributed by atoms with Crippen molar-refractivity contribution in [2.24, 2.45) is 0 Å². The van der Waals surface area contributed by atoms with Crippen LogP contribution < -0.4 is 5.32 Å². The van der Waals surface area contributed by atoms with E-state index in [2.05, 4.69) is 20.5 Å². The van der Waals surface area contributed by atoms with E-state index < -0.39 is 0 Å². The molecule has 1 saturated heterocycles. The average Bonchev–Trinajstić information content (AvgIpc) is 3.10. The molecule has 1 aliphatic heterocycles. The number of amides is 1. The van der Waals surface area contributed by atoms with Crippen molar-refractivity contribution < 1.29 is 9.53 Å². The van der Waals surface area contributed by atoms with Crippen molar-refractivity contribution >= 4 is 22.6 Å². The number of para-hydroxylation sites is 1. The summed E-state index contributed by atoms with van der Waals surface area (Å²) in [6.07, 6.45) is 0. The highest BCUT2D eigenvalue weighted by Crippen LogP contribution is 2.15. The van der Waals surface area contributed by atoms with Gasteiger partial charge >= 0.3 is 0 Å². The fourth-order valence-electron chi connectivity index (χ4n) is 3.06. The predicted octanol–water partition coefficient (Wildman–Crippen LogP) is 2.02. The lowest BCUT2D eigenvalue weighted by Crippen LogP contribution is -2.38. The Balaban J connectivity index is 1.45. The van der Waals surface area contributed by atoms with Crippen LogP contribution in [-0.4, -0.2) is 58.6 Å². The SMILES string of the molecule is O=C(Nc1ccccc1)c1ccc2c(c1)nnn2CCN1CCOCC1. The molecule has 134 valence electrons. The summed E-state index contributed by atoms with van der Waals surface area (Å²) in [5.41, 5.74) is 3.01. The molecule has 2 aromatic carbocycles. The van der Waals surface area contributed by atoms with Crippen LogP contribution in [0.4, 0.5) is 5.69 Å². The summed E-state index contributed by atoms with van der Waals surface area (Å²) in [6, 6.07) is 14.9. The van der Waals surface area contributed by atoms with Gasteiger partial charge in [0.05, 0.1) is 25.3 Å². The molecule has 1 N–H and O–H groups in total. The molecule has 0 spiro atoms. The first-order valence-corrected chi connectivity index (χ1v) is 8.79. The minimum absolute atomic E-state index is 0.152. The summed E-state index contributed by atoms with van der Waals surface area (Å²) in [7, 11) is 0. The maximum Gasteiger partial charge on any atom is 0.255 e. The van der Waals surface area contributed by atoms with E-state index in [-0.39, 0.29) is 5.91 Å². The number of carbonyl (C=O) groups excluding carboxylic acids is 1. The number of hydrogen-bond donors (Lipinski definition) is 1. The lowest BCUT2D eigenvalue weighted by molar-refractivity contribution is 0.0360. The highest BCUT2D eigenvalue weighted by Gasteiger charge is 2.13. The Bertz CT molecular complexity index is 887. The van der Waals surface area contributed by atoms with E-state index in [4.69, 9.17) is 4.74 Å². The van der Waals surface area contributed by atoms with Crippen LogP contribution in [0.5, 0.6) is 0 Å². The number of carbonyl (C=O) groups is 1. The average molecular weight is 351 g/mol. The number of aromatic nitrogens is 3. The third kappa shape index (κ3) is 3.74. The van der Waals surface area contributed by atoms with Crippen molar-refractivity contribution in [3.8, 4) is 0 Å². The first kappa shape index (κ1) is 16.7. The van der Waals surface area contributed by atoms with Crippen LogP contribution in [0, 0.1) is 0 Å². The standard InChI is InChI=1S/C19H21N5O2/c25-19(20-16-4-2-1-3-5-16)15-6-7-18-17(14-15)21-22-24(18)9-8-23-10-12-26-13-11-23/h1-7,14H,8-13H2,(H,20,25). The quantitative estimate of drug-likeness (QED) is 0.761. The Hall–Kier alpha value is -2.77. The van der Waals surface area contributed by atoms with Gasteiger partial charge in [0.1, 0.15) is 5.52 Å². The zero-order chi connectivity index (χ0) is 17.8. The molecule has 0 saturated carbocycles. The van der Waals surface area contributed by atoms with Crippen LogP contribution in [-0.2, 0) is 11.3 Å². The Labute approximate surface area is 151 Å². The first-order chi connectivity index (χ1) is 12.8. The highest BCUT2D eigenvalue weighted by atomic mass is 16.5. The molecular formula is C19H21N5O2. The summed E-state index contributed by atoms with van der Waals surface area (Å²) in [5.74, 6) is -0.152. The number of morpholine rings is 1. The maximum absolute atomic E-state index is 12.4. The Morgan fingerprint density at radius 3 is 2.69 bits per heavy atom. The van der Waals surface area contributed by atoms with Gasteiger partial charge in [0.25, 0.3) is 5.91 Å². The lowest BCUT2D eigenvalue weighted by Gasteiger charge is -2.26. The summed E-state index contributed by atoms with van der Waals surface area (Å²) in [5, 5.41) is 11.3. The van der Waals surface area contributed by atoms with Crippen molar-refractivity contribution in [2.75, 3.05) is 38.2 Å². The Morgan fingerprint density at radius 1 is 1.08 bits per heavy atom. The summed E-state index contributed by atoms with van der Waals surface area (Å²) in [6.45, 7) is 5.17. The number of benzene rings is 2. The molecule has 1 amide bonds. The van der Waals surface area contributed by atoms with Gasteiger partial charge in [0, 0.05) is 30.9 Å². The molecule has 2 heterocycles. The molecule has 1 aromatic heterocycles. The molecule has 1 fully saturated rings. The van der Waals surface area contributed by atoms with E-state index in [0.717, 1.165) is 56.1 Å². The lowest BCUT2D eigenvalue weighted by atomic mass is 10.2. The van der Waals surface area contributed by atoms with Crippen molar-refractivity contribution in [2.45, 2.75) is 6.54 Å². The molecule has 0 atom stereocenters. The van der Waals surface area contributed by atoms with E-state index in [9.17, 15) is 4.79 Å². The maximum atomic E-state index is 12.4. The number of rotatable bonds is 5. The smallest absolute Gasteiger partial charge is 0.255 e. The number of nitrogens with one attached hydrogen (secondary N) is 1. The molecule has 0 bridgehead atoms. The topological polar surface area (TPSA) is 72.3 Å². The number of hydrogen-bond acceptors (Lipinski definition) is 5. The van der Waals surface area contributed by atoms with Crippen LogP contribution in [0.1, 0.15) is 10.4 Å². The van der Waals surface area contributed by atoms with E-state index in [0.29, 0.717) is 5.56 Å². The Morgan fingerprint density at radius 2 is 1.88 bits per heavy atom. The first-order valence-electron chi connectivity index (χ1n) is 8.79. The molecule has 7 heteroatoms.